The minimum absolute atomic E-state index is 0.222. The molecule has 0 saturated heterocycles. The third-order valence-electron chi connectivity index (χ3n) is 3.58. The number of aliphatic hydroxyl groups is 1. The molecule has 4 N–H and O–H groups in total. The zero-order chi connectivity index (χ0) is 17.3. The van der Waals surface area contributed by atoms with Crippen LogP contribution in [0.4, 0.5) is 4.39 Å². The SMILES string of the molecule is C[C@H](O)c1ccc(-c2cnc3[nH]cc(/C=C/C(N)=O)c3n2)cc1F. The van der Waals surface area contributed by atoms with Gasteiger partial charge in [0, 0.05) is 29.0 Å². The number of hydrogen-bond acceptors (Lipinski definition) is 4. The monoisotopic (exact) mass is 326 g/mol. The molecule has 24 heavy (non-hydrogen) atoms. The molecule has 2 aromatic heterocycles. The van der Waals surface area contributed by atoms with Crippen molar-refractivity contribution in [1.82, 2.24) is 15.0 Å². The second-order valence-corrected chi connectivity index (χ2v) is 5.34. The third-order valence-corrected chi connectivity index (χ3v) is 3.58. The Morgan fingerprint density at radius 1 is 1.46 bits per heavy atom. The van der Waals surface area contributed by atoms with Crippen molar-refractivity contribution in [3.05, 3.63) is 53.6 Å². The standard InChI is InChI=1S/C17H15FN4O2/c1-9(23)12-4-2-10(6-13(12)18)14-8-21-17-16(22-14)11(7-20-17)3-5-15(19)24/h2-9,23H,1H3,(H2,19,24)(H,20,21)/b5-3+/t9-/m0/s1. The molecule has 0 aliphatic carbocycles. The molecular weight excluding hydrogens is 311 g/mol. The predicted molar refractivity (Wildman–Crippen MR) is 88.1 cm³/mol. The summed E-state index contributed by atoms with van der Waals surface area (Å²) in [6.45, 7) is 1.50. The number of rotatable bonds is 4. The van der Waals surface area contributed by atoms with E-state index in [1.165, 1.54) is 37.4 Å². The Balaban J connectivity index is 2.06. The van der Waals surface area contributed by atoms with Gasteiger partial charge in [-0.15, -0.1) is 0 Å². The van der Waals surface area contributed by atoms with Gasteiger partial charge in [-0.25, -0.2) is 14.4 Å². The molecule has 3 aromatic rings. The Bertz CT molecular complexity index is 947. The minimum atomic E-state index is -0.886. The van der Waals surface area contributed by atoms with Crippen molar-refractivity contribution in [2.45, 2.75) is 13.0 Å². The molecule has 1 aromatic carbocycles. The summed E-state index contributed by atoms with van der Waals surface area (Å²) in [5.74, 6) is -1.07. The Labute approximate surface area is 136 Å². The van der Waals surface area contributed by atoms with Gasteiger partial charge < -0.3 is 15.8 Å². The predicted octanol–water partition coefficient (Wildman–Crippen LogP) is 2.32. The molecule has 1 amide bonds. The van der Waals surface area contributed by atoms with Crippen LogP contribution in [-0.2, 0) is 4.79 Å². The second-order valence-electron chi connectivity index (χ2n) is 5.34. The van der Waals surface area contributed by atoms with E-state index in [1.54, 1.807) is 12.3 Å². The van der Waals surface area contributed by atoms with Crippen LogP contribution in [0.2, 0.25) is 0 Å². The molecule has 0 aliphatic rings. The summed E-state index contributed by atoms with van der Waals surface area (Å²) in [5.41, 5.74) is 8.08. The van der Waals surface area contributed by atoms with E-state index in [1.807, 2.05) is 0 Å². The number of carbonyl (C=O) groups is 1. The van der Waals surface area contributed by atoms with Gasteiger partial charge in [-0.3, -0.25) is 4.79 Å². The number of nitrogens with one attached hydrogen (secondary N) is 1. The minimum Gasteiger partial charge on any atom is -0.389 e. The summed E-state index contributed by atoms with van der Waals surface area (Å²) in [4.78, 5) is 22.5. The zero-order valence-corrected chi connectivity index (χ0v) is 12.8. The van der Waals surface area contributed by atoms with Crippen LogP contribution in [0.1, 0.15) is 24.2 Å². The molecule has 0 fully saturated rings. The third kappa shape index (κ3) is 3.02. The lowest BCUT2D eigenvalue weighted by molar-refractivity contribution is -0.113. The number of halogens is 1. The van der Waals surface area contributed by atoms with Crippen molar-refractivity contribution in [1.29, 1.82) is 0 Å². The molecule has 0 aliphatic heterocycles. The van der Waals surface area contributed by atoms with Crippen molar-refractivity contribution >= 4 is 23.1 Å². The second kappa shape index (κ2) is 6.21. The van der Waals surface area contributed by atoms with E-state index in [0.29, 0.717) is 28.0 Å². The van der Waals surface area contributed by atoms with Crippen LogP contribution in [0.3, 0.4) is 0 Å². The molecule has 0 spiro atoms. The number of aromatic nitrogens is 3. The van der Waals surface area contributed by atoms with Crippen molar-refractivity contribution in [2.75, 3.05) is 0 Å². The average Bonchev–Trinajstić information content (AvgIpc) is 2.94. The van der Waals surface area contributed by atoms with Gasteiger partial charge in [-0.2, -0.15) is 0 Å². The van der Waals surface area contributed by atoms with Gasteiger partial charge in [0.25, 0.3) is 0 Å². The molecule has 2 heterocycles. The summed E-state index contributed by atoms with van der Waals surface area (Å²) in [7, 11) is 0. The van der Waals surface area contributed by atoms with Crippen molar-refractivity contribution in [3.63, 3.8) is 0 Å². The van der Waals surface area contributed by atoms with Gasteiger partial charge in [0.1, 0.15) is 11.3 Å². The fraction of sp³-hybridized carbons (Fsp3) is 0.118. The molecule has 7 heteroatoms. The first-order chi connectivity index (χ1) is 11.5. The van der Waals surface area contributed by atoms with Crippen LogP contribution in [0.5, 0.6) is 0 Å². The smallest absolute Gasteiger partial charge is 0.241 e. The fourth-order valence-corrected chi connectivity index (χ4v) is 2.37. The molecular formula is C17H15FN4O2. The molecule has 122 valence electrons. The van der Waals surface area contributed by atoms with Crippen LogP contribution in [0, 0.1) is 5.82 Å². The summed E-state index contributed by atoms with van der Waals surface area (Å²) in [5, 5.41) is 9.50. The largest absolute Gasteiger partial charge is 0.389 e. The van der Waals surface area contributed by atoms with Crippen LogP contribution in [0.25, 0.3) is 28.5 Å². The lowest BCUT2D eigenvalue weighted by Crippen LogP contribution is -2.05. The molecule has 0 bridgehead atoms. The summed E-state index contributed by atoms with van der Waals surface area (Å²) in [6, 6.07) is 4.50. The molecule has 0 unspecified atom stereocenters. The van der Waals surface area contributed by atoms with Crippen molar-refractivity contribution < 1.29 is 14.3 Å². The Morgan fingerprint density at radius 3 is 2.92 bits per heavy atom. The van der Waals surface area contributed by atoms with Crippen molar-refractivity contribution in [3.8, 4) is 11.3 Å². The van der Waals surface area contributed by atoms with Gasteiger partial charge >= 0.3 is 0 Å². The van der Waals surface area contributed by atoms with Gasteiger partial charge in [-0.05, 0) is 19.1 Å². The van der Waals surface area contributed by atoms with Crippen LogP contribution in [0.15, 0.2) is 36.7 Å². The highest BCUT2D eigenvalue weighted by Crippen LogP contribution is 2.25. The summed E-state index contributed by atoms with van der Waals surface area (Å²) >= 11 is 0. The van der Waals surface area contributed by atoms with Crippen LogP contribution in [-0.4, -0.2) is 26.0 Å². The van der Waals surface area contributed by atoms with E-state index < -0.39 is 17.8 Å². The average molecular weight is 326 g/mol. The topological polar surface area (TPSA) is 105 Å². The highest BCUT2D eigenvalue weighted by Gasteiger charge is 2.12. The van der Waals surface area contributed by atoms with E-state index >= 15 is 0 Å². The van der Waals surface area contributed by atoms with E-state index in [2.05, 4.69) is 15.0 Å². The van der Waals surface area contributed by atoms with Crippen LogP contribution < -0.4 is 5.73 Å². The maximum atomic E-state index is 14.1. The number of benzene rings is 1. The summed E-state index contributed by atoms with van der Waals surface area (Å²) < 4.78 is 14.1. The zero-order valence-electron chi connectivity index (χ0n) is 12.8. The number of nitrogens with zero attached hydrogens (tertiary/aromatic N) is 2. The van der Waals surface area contributed by atoms with Crippen molar-refractivity contribution in [2.24, 2.45) is 5.73 Å². The summed E-state index contributed by atoms with van der Waals surface area (Å²) in [6.07, 6.45) is 5.07. The Hall–Kier alpha value is -3.06. The number of nitrogens with two attached hydrogens (primary N) is 1. The molecule has 0 saturated carbocycles. The first kappa shape index (κ1) is 15.8. The number of H-pyrrole nitrogens is 1. The Morgan fingerprint density at radius 2 is 2.25 bits per heavy atom. The molecule has 3 rings (SSSR count). The normalized spacial score (nSPS) is 12.8. The molecule has 0 radical (unpaired) electrons. The Kier molecular flexibility index (Phi) is 4.09. The van der Waals surface area contributed by atoms with Gasteiger partial charge in [0.05, 0.1) is 18.0 Å². The number of amides is 1. The quantitative estimate of drug-likeness (QED) is 0.640. The lowest BCUT2D eigenvalue weighted by atomic mass is 10.1. The maximum Gasteiger partial charge on any atom is 0.241 e. The molecule has 6 nitrogen and oxygen atoms in total. The lowest BCUT2D eigenvalue weighted by Gasteiger charge is -2.08. The van der Waals surface area contributed by atoms with Crippen LogP contribution >= 0.6 is 0 Å². The number of fused-ring (bicyclic) bond motifs is 1. The number of aliphatic hydroxyl groups excluding tert-OH is 1. The molecule has 1 atom stereocenters. The van der Waals surface area contributed by atoms with Gasteiger partial charge in [0.2, 0.25) is 5.91 Å². The number of aromatic amines is 1. The highest BCUT2D eigenvalue weighted by atomic mass is 19.1. The van der Waals surface area contributed by atoms with Gasteiger partial charge in [-0.1, -0.05) is 12.1 Å². The fourth-order valence-electron chi connectivity index (χ4n) is 2.37. The van der Waals surface area contributed by atoms with E-state index in [4.69, 9.17) is 5.73 Å². The highest BCUT2D eigenvalue weighted by molar-refractivity contribution is 5.93. The number of carbonyl (C=O) groups excluding carboxylic acids is 1. The number of primary amides is 1. The van der Waals surface area contributed by atoms with E-state index in [9.17, 15) is 14.3 Å². The maximum absolute atomic E-state index is 14.1. The first-order valence-electron chi connectivity index (χ1n) is 7.25. The van der Waals surface area contributed by atoms with E-state index in [-0.39, 0.29) is 5.56 Å². The number of hydrogen-bond donors (Lipinski definition) is 3. The van der Waals surface area contributed by atoms with E-state index in [0.717, 1.165) is 0 Å². The first-order valence-corrected chi connectivity index (χ1v) is 7.25. The van der Waals surface area contributed by atoms with Gasteiger partial charge in [0.15, 0.2) is 5.65 Å².